The van der Waals surface area contributed by atoms with E-state index in [-0.39, 0.29) is 11.8 Å². The molecule has 1 N–H and O–H groups in total. The molecule has 0 radical (unpaired) electrons. The summed E-state index contributed by atoms with van der Waals surface area (Å²) in [5.74, 6) is 0.165. The largest absolute Gasteiger partial charge is 0.310 e. The number of ketones is 1. The van der Waals surface area contributed by atoms with Gasteiger partial charge >= 0.3 is 0 Å². The highest BCUT2D eigenvalue weighted by Crippen LogP contribution is 2.17. The summed E-state index contributed by atoms with van der Waals surface area (Å²) in [4.78, 5) is 11.4. The van der Waals surface area contributed by atoms with Crippen molar-refractivity contribution in [2.75, 3.05) is 7.05 Å². The average Bonchev–Trinajstić information content (AvgIpc) is 2.45. The normalized spacial score (nSPS) is 13.4. The molecule has 0 aliphatic carbocycles. The van der Waals surface area contributed by atoms with Gasteiger partial charge in [-0.15, -0.1) is 0 Å². The first-order chi connectivity index (χ1) is 9.62. The Kier molecular flexibility index (Phi) is 6.68. The summed E-state index contributed by atoms with van der Waals surface area (Å²) in [7, 11) is 1.82. The van der Waals surface area contributed by atoms with Crippen molar-refractivity contribution in [2.45, 2.75) is 26.3 Å². The monoisotopic (exact) mass is 269 g/mol. The van der Waals surface area contributed by atoms with Crippen molar-refractivity contribution in [2.24, 2.45) is 0 Å². The van der Waals surface area contributed by atoms with Crippen LogP contribution in [0.5, 0.6) is 0 Å². The fraction of sp³-hybridized carbons (Fsp3) is 0.278. The van der Waals surface area contributed by atoms with Gasteiger partial charge in [0.1, 0.15) is 5.78 Å². The maximum absolute atomic E-state index is 11.4. The standard InChI is InChI=1S/C18H23NO/c1-5-7-16(8-6-2)17-11-9-15(10-12-17)13-18(19-4)14(3)20/h5-12,18-19H,1,13H2,2-4H3/b8-6-,16-7+/t18-/m0/s1. The van der Waals surface area contributed by atoms with E-state index in [1.807, 2.05) is 26.1 Å². The number of hydrogen-bond donors (Lipinski definition) is 1. The first-order valence-corrected chi connectivity index (χ1v) is 6.84. The molecule has 0 aliphatic heterocycles. The number of rotatable bonds is 7. The number of hydrogen-bond acceptors (Lipinski definition) is 2. The molecule has 0 heterocycles. The average molecular weight is 269 g/mol. The summed E-state index contributed by atoms with van der Waals surface area (Å²) < 4.78 is 0. The van der Waals surface area contributed by atoms with Gasteiger partial charge in [0.05, 0.1) is 6.04 Å². The molecule has 2 nitrogen and oxygen atoms in total. The minimum Gasteiger partial charge on any atom is -0.310 e. The molecular weight excluding hydrogens is 246 g/mol. The quantitative estimate of drug-likeness (QED) is 0.767. The molecule has 1 rings (SSSR count). The summed E-state index contributed by atoms with van der Waals surface area (Å²) in [6.07, 6.45) is 8.56. The second-order valence-electron chi connectivity index (χ2n) is 4.71. The Morgan fingerprint density at radius 3 is 2.45 bits per heavy atom. The van der Waals surface area contributed by atoms with Crippen LogP contribution in [0, 0.1) is 0 Å². The topological polar surface area (TPSA) is 29.1 Å². The van der Waals surface area contributed by atoms with Gasteiger partial charge < -0.3 is 5.32 Å². The Balaban J connectivity index is 2.90. The van der Waals surface area contributed by atoms with E-state index in [9.17, 15) is 4.79 Å². The van der Waals surface area contributed by atoms with Crippen LogP contribution in [-0.2, 0) is 11.2 Å². The molecule has 0 aliphatic rings. The highest BCUT2D eigenvalue weighted by Gasteiger charge is 2.11. The maximum Gasteiger partial charge on any atom is 0.147 e. The van der Waals surface area contributed by atoms with Gasteiger partial charge in [-0.2, -0.15) is 0 Å². The van der Waals surface area contributed by atoms with E-state index >= 15 is 0 Å². The predicted molar refractivity (Wildman–Crippen MR) is 86.7 cm³/mol. The molecule has 0 saturated carbocycles. The maximum atomic E-state index is 11.4. The Morgan fingerprint density at radius 1 is 1.35 bits per heavy atom. The first kappa shape index (κ1) is 16.1. The molecule has 1 atom stereocenters. The molecular formula is C18H23NO. The highest BCUT2D eigenvalue weighted by atomic mass is 16.1. The molecule has 106 valence electrons. The minimum absolute atomic E-state index is 0.112. The minimum atomic E-state index is -0.112. The van der Waals surface area contributed by atoms with Crippen LogP contribution in [0.1, 0.15) is 25.0 Å². The molecule has 0 aromatic heterocycles. The number of likely N-dealkylation sites (N-methyl/N-ethyl adjacent to an activating group) is 1. The van der Waals surface area contributed by atoms with Crippen LogP contribution in [-0.4, -0.2) is 18.9 Å². The third-order valence-electron chi connectivity index (χ3n) is 3.21. The number of nitrogens with one attached hydrogen (secondary N) is 1. The molecule has 0 saturated heterocycles. The number of benzene rings is 1. The molecule has 0 unspecified atom stereocenters. The molecule has 0 amide bonds. The third kappa shape index (κ3) is 4.63. The van der Waals surface area contributed by atoms with Crippen LogP contribution in [0.3, 0.4) is 0 Å². The summed E-state index contributed by atoms with van der Waals surface area (Å²) in [5, 5.41) is 3.04. The number of carbonyl (C=O) groups excluding carboxylic acids is 1. The van der Waals surface area contributed by atoms with Gasteiger partial charge in [-0.1, -0.05) is 55.1 Å². The lowest BCUT2D eigenvalue weighted by atomic mass is 9.99. The van der Waals surface area contributed by atoms with E-state index in [1.54, 1.807) is 13.0 Å². The highest BCUT2D eigenvalue weighted by molar-refractivity contribution is 5.81. The predicted octanol–water partition coefficient (Wildman–Crippen LogP) is 3.55. The van der Waals surface area contributed by atoms with Crippen LogP contribution in [0.4, 0.5) is 0 Å². The molecule has 0 bridgehead atoms. The van der Waals surface area contributed by atoms with Crippen molar-refractivity contribution in [3.8, 4) is 0 Å². The van der Waals surface area contributed by atoms with E-state index in [0.29, 0.717) is 0 Å². The van der Waals surface area contributed by atoms with Crippen LogP contribution in [0.2, 0.25) is 0 Å². The molecule has 2 heteroatoms. The number of allylic oxidation sites excluding steroid dienone is 5. The zero-order valence-corrected chi connectivity index (χ0v) is 12.5. The zero-order valence-electron chi connectivity index (χ0n) is 12.5. The lowest BCUT2D eigenvalue weighted by Crippen LogP contribution is -2.34. The Bertz CT molecular complexity index is 509. The van der Waals surface area contributed by atoms with Gasteiger partial charge in [-0.25, -0.2) is 0 Å². The Labute approximate surface area is 121 Å². The van der Waals surface area contributed by atoms with Crippen LogP contribution >= 0.6 is 0 Å². The van der Waals surface area contributed by atoms with Gasteiger partial charge in [-0.3, -0.25) is 4.79 Å². The fourth-order valence-corrected chi connectivity index (χ4v) is 2.07. The SMILES string of the molecule is C=C/C=C(\C=C/C)c1ccc(C[C@H](NC)C(C)=O)cc1. The Morgan fingerprint density at radius 2 is 2.00 bits per heavy atom. The van der Waals surface area contributed by atoms with Crippen molar-refractivity contribution in [3.63, 3.8) is 0 Å². The zero-order chi connectivity index (χ0) is 15.0. The molecule has 0 spiro atoms. The summed E-state index contributed by atoms with van der Waals surface area (Å²) in [6.45, 7) is 7.35. The summed E-state index contributed by atoms with van der Waals surface area (Å²) in [6, 6.07) is 8.20. The lowest BCUT2D eigenvalue weighted by molar-refractivity contribution is -0.118. The molecule has 20 heavy (non-hydrogen) atoms. The van der Waals surface area contributed by atoms with E-state index in [0.717, 1.165) is 23.1 Å². The van der Waals surface area contributed by atoms with Gasteiger partial charge in [0, 0.05) is 0 Å². The first-order valence-electron chi connectivity index (χ1n) is 6.84. The summed E-state index contributed by atoms with van der Waals surface area (Å²) in [5.41, 5.74) is 3.43. The lowest BCUT2D eigenvalue weighted by Gasteiger charge is -2.13. The summed E-state index contributed by atoms with van der Waals surface area (Å²) >= 11 is 0. The van der Waals surface area contributed by atoms with Gasteiger partial charge in [-0.05, 0) is 44.0 Å². The Hall–Kier alpha value is -1.93. The second-order valence-corrected chi connectivity index (χ2v) is 4.71. The van der Waals surface area contributed by atoms with Crippen molar-refractivity contribution < 1.29 is 4.79 Å². The van der Waals surface area contributed by atoms with E-state index in [2.05, 4.69) is 42.2 Å². The molecule has 1 aromatic carbocycles. The molecule has 0 fully saturated rings. The van der Waals surface area contributed by atoms with Gasteiger partial charge in [0.25, 0.3) is 0 Å². The fourth-order valence-electron chi connectivity index (χ4n) is 2.07. The van der Waals surface area contributed by atoms with Crippen molar-refractivity contribution in [1.82, 2.24) is 5.32 Å². The van der Waals surface area contributed by atoms with E-state index < -0.39 is 0 Å². The number of Topliss-reactive ketones (excluding diaryl/α,β-unsaturated/α-hetero) is 1. The van der Waals surface area contributed by atoms with Crippen LogP contribution in [0.15, 0.2) is 55.1 Å². The van der Waals surface area contributed by atoms with Crippen molar-refractivity contribution in [1.29, 1.82) is 0 Å². The van der Waals surface area contributed by atoms with Crippen molar-refractivity contribution >= 4 is 11.4 Å². The van der Waals surface area contributed by atoms with Crippen LogP contribution in [0.25, 0.3) is 5.57 Å². The smallest absolute Gasteiger partial charge is 0.147 e. The third-order valence-corrected chi connectivity index (χ3v) is 3.21. The second kappa shape index (κ2) is 8.28. The van der Waals surface area contributed by atoms with Gasteiger partial charge in [0.2, 0.25) is 0 Å². The van der Waals surface area contributed by atoms with Crippen molar-refractivity contribution in [3.05, 3.63) is 66.3 Å². The van der Waals surface area contributed by atoms with Crippen LogP contribution < -0.4 is 5.32 Å². The van der Waals surface area contributed by atoms with E-state index in [4.69, 9.17) is 0 Å². The van der Waals surface area contributed by atoms with E-state index in [1.165, 1.54) is 0 Å². The van der Waals surface area contributed by atoms with Gasteiger partial charge in [0.15, 0.2) is 0 Å². The molecule has 1 aromatic rings. The number of carbonyl (C=O) groups is 1.